The van der Waals surface area contributed by atoms with Crippen molar-refractivity contribution in [3.05, 3.63) is 29.3 Å². The second kappa shape index (κ2) is 6.55. The molecule has 0 atom stereocenters. The van der Waals surface area contributed by atoms with Gasteiger partial charge in [-0.3, -0.25) is 9.59 Å². The van der Waals surface area contributed by atoms with Gasteiger partial charge in [0.15, 0.2) is 5.78 Å². The Morgan fingerprint density at radius 2 is 1.95 bits per heavy atom. The van der Waals surface area contributed by atoms with Gasteiger partial charge >= 0.3 is 0 Å². The van der Waals surface area contributed by atoms with Crippen LogP contribution in [0.25, 0.3) is 0 Å². The number of ketones is 1. The first-order valence-electron chi connectivity index (χ1n) is 7.25. The summed E-state index contributed by atoms with van der Waals surface area (Å²) in [5.74, 6) is -0.0522. The molecule has 2 rings (SSSR count). The fourth-order valence-corrected chi connectivity index (χ4v) is 2.56. The fraction of sp³-hybridized carbons (Fsp3) is 0.500. The van der Waals surface area contributed by atoms with E-state index in [0.29, 0.717) is 17.3 Å². The van der Waals surface area contributed by atoms with Gasteiger partial charge < -0.3 is 11.1 Å². The third-order valence-electron chi connectivity index (χ3n) is 3.90. The molecular weight excluding hydrogens is 252 g/mol. The van der Waals surface area contributed by atoms with Crippen molar-refractivity contribution in [2.75, 3.05) is 5.73 Å². The summed E-state index contributed by atoms with van der Waals surface area (Å²) in [6.07, 6.45) is 4.99. The highest BCUT2D eigenvalue weighted by Gasteiger charge is 2.17. The van der Waals surface area contributed by atoms with Crippen molar-refractivity contribution < 1.29 is 9.59 Å². The predicted molar refractivity (Wildman–Crippen MR) is 79.6 cm³/mol. The molecule has 0 saturated heterocycles. The van der Waals surface area contributed by atoms with Crippen LogP contribution < -0.4 is 11.1 Å². The number of rotatable bonds is 5. The van der Waals surface area contributed by atoms with Gasteiger partial charge in [0, 0.05) is 30.1 Å². The van der Waals surface area contributed by atoms with Crippen molar-refractivity contribution in [3.63, 3.8) is 0 Å². The lowest BCUT2D eigenvalue weighted by molar-refractivity contribution is -0.121. The molecule has 3 N–H and O–H groups in total. The lowest BCUT2D eigenvalue weighted by Gasteiger charge is -2.11. The SMILES string of the molecule is Cc1ccc(C(=O)CCC(=O)NC2CCCC2)cc1N. The summed E-state index contributed by atoms with van der Waals surface area (Å²) in [6, 6.07) is 5.60. The minimum absolute atomic E-state index is 0.0228. The van der Waals surface area contributed by atoms with Crippen LogP contribution >= 0.6 is 0 Å². The zero-order valence-corrected chi connectivity index (χ0v) is 11.9. The highest BCUT2D eigenvalue weighted by Crippen LogP contribution is 2.18. The standard InChI is InChI=1S/C16H22N2O2/c1-11-6-7-12(10-14(11)17)15(19)8-9-16(20)18-13-4-2-3-5-13/h6-7,10,13H,2-5,8-9,17H2,1H3,(H,18,20). The summed E-state index contributed by atoms with van der Waals surface area (Å²) in [4.78, 5) is 23.8. The zero-order valence-electron chi connectivity index (χ0n) is 11.9. The van der Waals surface area contributed by atoms with Crippen LogP contribution in [0.2, 0.25) is 0 Å². The number of benzene rings is 1. The van der Waals surface area contributed by atoms with E-state index in [4.69, 9.17) is 5.73 Å². The third kappa shape index (κ3) is 3.83. The maximum atomic E-state index is 12.0. The van der Waals surface area contributed by atoms with E-state index in [1.807, 2.05) is 13.0 Å². The zero-order chi connectivity index (χ0) is 14.5. The largest absolute Gasteiger partial charge is 0.398 e. The number of hydrogen-bond donors (Lipinski definition) is 2. The molecule has 1 aliphatic carbocycles. The monoisotopic (exact) mass is 274 g/mol. The molecule has 1 saturated carbocycles. The van der Waals surface area contributed by atoms with Crippen LogP contribution in [0, 0.1) is 6.92 Å². The van der Waals surface area contributed by atoms with E-state index >= 15 is 0 Å². The lowest BCUT2D eigenvalue weighted by Crippen LogP contribution is -2.32. The molecule has 0 aromatic heterocycles. The highest BCUT2D eigenvalue weighted by atomic mass is 16.2. The molecule has 1 amide bonds. The smallest absolute Gasteiger partial charge is 0.220 e. The molecule has 108 valence electrons. The first-order valence-corrected chi connectivity index (χ1v) is 7.25. The van der Waals surface area contributed by atoms with Gasteiger partial charge in [-0.1, -0.05) is 25.0 Å². The van der Waals surface area contributed by atoms with Crippen LogP contribution in [0.1, 0.15) is 54.4 Å². The molecule has 1 aromatic carbocycles. The Hall–Kier alpha value is -1.84. The van der Waals surface area contributed by atoms with Gasteiger partial charge in [0.05, 0.1) is 0 Å². The number of carbonyl (C=O) groups is 2. The van der Waals surface area contributed by atoms with Crippen LogP contribution in [0.5, 0.6) is 0 Å². The Morgan fingerprint density at radius 1 is 1.25 bits per heavy atom. The molecule has 0 spiro atoms. The van der Waals surface area contributed by atoms with Crippen molar-refractivity contribution in [2.24, 2.45) is 0 Å². The minimum Gasteiger partial charge on any atom is -0.398 e. The second-order valence-electron chi connectivity index (χ2n) is 5.54. The van der Waals surface area contributed by atoms with Crippen molar-refractivity contribution >= 4 is 17.4 Å². The number of hydrogen-bond acceptors (Lipinski definition) is 3. The van der Waals surface area contributed by atoms with Gasteiger partial charge in [-0.05, 0) is 31.4 Å². The van der Waals surface area contributed by atoms with E-state index in [1.54, 1.807) is 12.1 Å². The number of amides is 1. The summed E-state index contributed by atoms with van der Waals surface area (Å²) < 4.78 is 0. The molecule has 0 heterocycles. The number of nitrogen functional groups attached to an aromatic ring is 1. The summed E-state index contributed by atoms with van der Waals surface area (Å²) in [5.41, 5.74) is 7.95. The maximum absolute atomic E-state index is 12.0. The molecule has 0 radical (unpaired) electrons. The number of aryl methyl sites for hydroxylation is 1. The van der Waals surface area contributed by atoms with Crippen molar-refractivity contribution in [1.82, 2.24) is 5.32 Å². The Morgan fingerprint density at radius 3 is 2.60 bits per heavy atom. The van der Waals surface area contributed by atoms with Crippen LogP contribution in [0.4, 0.5) is 5.69 Å². The third-order valence-corrected chi connectivity index (χ3v) is 3.90. The summed E-state index contributed by atoms with van der Waals surface area (Å²) in [6.45, 7) is 1.90. The van der Waals surface area contributed by atoms with Crippen molar-refractivity contribution in [2.45, 2.75) is 51.5 Å². The second-order valence-corrected chi connectivity index (χ2v) is 5.54. The molecule has 0 unspecified atom stereocenters. The Balaban J connectivity index is 1.81. The Kier molecular flexibility index (Phi) is 4.77. The van der Waals surface area contributed by atoms with Crippen molar-refractivity contribution in [3.8, 4) is 0 Å². The highest BCUT2D eigenvalue weighted by molar-refractivity contribution is 5.98. The summed E-state index contributed by atoms with van der Waals surface area (Å²) in [5, 5.41) is 2.99. The van der Waals surface area contributed by atoms with E-state index in [-0.39, 0.29) is 24.5 Å². The number of Topliss-reactive ketones (excluding diaryl/α,β-unsaturated/α-hetero) is 1. The van der Waals surface area contributed by atoms with Gasteiger partial charge in [0.25, 0.3) is 0 Å². The molecule has 1 fully saturated rings. The molecule has 4 nitrogen and oxygen atoms in total. The molecule has 1 aliphatic rings. The Labute approximate surface area is 119 Å². The molecule has 0 bridgehead atoms. The quantitative estimate of drug-likeness (QED) is 0.640. The maximum Gasteiger partial charge on any atom is 0.220 e. The van der Waals surface area contributed by atoms with Gasteiger partial charge in [0.1, 0.15) is 0 Å². The van der Waals surface area contributed by atoms with Crippen LogP contribution in [-0.2, 0) is 4.79 Å². The van der Waals surface area contributed by atoms with Crippen LogP contribution in [0.15, 0.2) is 18.2 Å². The van der Waals surface area contributed by atoms with E-state index in [2.05, 4.69) is 5.32 Å². The number of nitrogens with two attached hydrogens (primary N) is 1. The van der Waals surface area contributed by atoms with Gasteiger partial charge in [0.2, 0.25) is 5.91 Å². The normalized spacial score (nSPS) is 15.2. The van der Waals surface area contributed by atoms with Crippen LogP contribution in [-0.4, -0.2) is 17.7 Å². The van der Waals surface area contributed by atoms with Gasteiger partial charge in [-0.15, -0.1) is 0 Å². The summed E-state index contributed by atoms with van der Waals surface area (Å²) >= 11 is 0. The van der Waals surface area contributed by atoms with E-state index in [9.17, 15) is 9.59 Å². The Bertz CT molecular complexity index is 505. The van der Waals surface area contributed by atoms with Crippen LogP contribution in [0.3, 0.4) is 0 Å². The number of carbonyl (C=O) groups excluding carboxylic acids is 2. The van der Waals surface area contributed by atoms with E-state index in [1.165, 1.54) is 12.8 Å². The minimum atomic E-state index is -0.0294. The number of nitrogens with one attached hydrogen (secondary N) is 1. The average molecular weight is 274 g/mol. The molecular formula is C16H22N2O2. The molecule has 1 aromatic rings. The first-order chi connectivity index (χ1) is 9.56. The number of anilines is 1. The van der Waals surface area contributed by atoms with Gasteiger partial charge in [-0.25, -0.2) is 0 Å². The van der Waals surface area contributed by atoms with Crippen molar-refractivity contribution in [1.29, 1.82) is 0 Å². The fourth-order valence-electron chi connectivity index (χ4n) is 2.56. The average Bonchev–Trinajstić information content (AvgIpc) is 2.92. The topological polar surface area (TPSA) is 72.2 Å². The van der Waals surface area contributed by atoms with Gasteiger partial charge in [-0.2, -0.15) is 0 Å². The van der Waals surface area contributed by atoms with E-state index < -0.39 is 0 Å². The molecule has 4 heteroatoms. The lowest BCUT2D eigenvalue weighted by atomic mass is 10.0. The molecule has 20 heavy (non-hydrogen) atoms. The summed E-state index contributed by atoms with van der Waals surface area (Å²) in [7, 11) is 0. The predicted octanol–water partition coefficient (Wildman–Crippen LogP) is 2.60. The molecule has 0 aliphatic heterocycles. The van der Waals surface area contributed by atoms with E-state index in [0.717, 1.165) is 18.4 Å². The first kappa shape index (κ1) is 14.6.